The zero-order chi connectivity index (χ0) is 34.1. The molecular formula is C49H35NS. The molecule has 0 saturated carbocycles. The fraction of sp³-hybridized carbons (Fsp3) is 0.0612. The second-order valence-electron chi connectivity index (χ2n) is 14.1. The van der Waals surface area contributed by atoms with Crippen molar-refractivity contribution in [3.63, 3.8) is 0 Å². The summed E-state index contributed by atoms with van der Waals surface area (Å²) in [7, 11) is 0. The molecule has 0 bridgehead atoms. The molecular weight excluding hydrogens is 635 g/mol. The Labute approximate surface area is 302 Å². The molecule has 0 amide bonds. The number of fused-ring (bicyclic) bond motifs is 8. The Balaban J connectivity index is 1.25. The van der Waals surface area contributed by atoms with Gasteiger partial charge in [-0.25, -0.2) is 0 Å². The van der Waals surface area contributed by atoms with Crippen LogP contribution < -0.4 is 4.90 Å². The summed E-state index contributed by atoms with van der Waals surface area (Å²) in [4.78, 5) is 2.49. The first-order chi connectivity index (χ1) is 25.0. The van der Waals surface area contributed by atoms with Crippen LogP contribution in [0.3, 0.4) is 0 Å². The molecule has 2 heteroatoms. The van der Waals surface area contributed by atoms with Crippen molar-refractivity contribution in [3.05, 3.63) is 187 Å². The van der Waals surface area contributed by atoms with Gasteiger partial charge < -0.3 is 4.90 Å². The molecule has 0 aliphatic heterocycles. The second kappa shape index (κ2) is 11.6. The predicted octanol–water partition coefficient (Wildman–Crippen LogP) is 14.3. The highest BCUT2D eigenvalue weighted by Gasteiger charge is 2.36. The van der Waals surface area contributed by atoms with Crippen molar-refractivity contribution in [2.24, 2.45) is 0 Å². The maximum absolute atomic E-state index is 2.49. The van der Waals surface area contributed by atoms with E-state index in [9.17, 15) is 0 Å². The normalized spacial score (nSPS) is 13.1. The first-order valence-electron chi connectivity index (χ1n) is 17.7. The Bertz CT molecular complexity index is 2760. The minimum Gasteiger partial charge on any atom is -0.310 e. The van der Waals surface area contributed by atoms with Crippen LogP contribution in [0.25, 0.3) is 64.3 Å². The van der Waals surface area contributed by atoms with Crippen LogP contribution in [0.1, 0.15) is 25.0 Å². The molecule has 1 aliphatic carbocycles. The molecule has 1 aromatic heterocycles. The highest BCUT2D eigenvalue weighted by atomic mass is 32.1. The summed E-state index contributed by atoms with van der Waals surface area (Å²) in [5.41, 5.74) is 13.7. The van der Waals surface area contributed by atoms with Crippen LogP contribution in [0.4, 0.5) is 17.1 Å². The highest BCUT2D eigenvalue weighted by Crippen LogP contribution is 2.52. The minimum absolute atomic E-state index is 0.106. The number of thiophene rings is 1. The molecule has 9 aromatic rings. The van der Waals surface area contributed by atoms with Gasteiger partial charge in [-0.15, -0.1) is 11.3 Å². The molecule has 1 aliphatic rings. The Hall–Kier alpha value is -5.96. The summed E-state index contributed by atoms with van der Waals surface area (Å²) in [6.07, 6.45) is 0. The van der Waals surface area contributed by atoms with E-state index in [1.807, 2.05) is 11.3 Å². The van der Waals surface area contributed by atoms with Crippen molar-refractivity contribution in [2.45, 2.75) is 19.3 Å². The molecule has 10 rings (SSSR count). The maximum atomic E-state index is 2.49. The van der Waals surface area contributed by atoms with E-state index in [1.165, 1.54) is 81.1 Å². The SMILES string of the molecule is CC1(C)c2ccccc2-c2ccc(N(c3ccc(-c4ccccc4)cc3)c3cc4c5ccccc5sc4c4cc(-c5ccccc5)ccc34)cc21. The lowest BCUT2D eigenvalue weighted by Crippen LogP contribution is -2.16. The van der Waals surface area contributed by atoms with Gasteiger partial charge in [0.15, 0.2) is 0 Å². The standard InChI is InChI=1S/C49H35NS/c1-49(2)44-19-11-9-17-38(44)39-28-26-37(30-45(39)49)50(36-24-21-34(22-25-36)32-13-5-3-6-14-32)46-31-43-41-18-10-12-20-47(41)51-48(43)42-29-35(23-27-40(42)46)33-15-7-4-8-16-33/h3-31H,1-2H3. The molecule has 8 aromatic carbocycles. The number of rotatable bonds is 5. The zero-order valence-corrected chi connectivity index (χ0v) is 29.4. The van der Waals surface area contributed by atoms with E-state index in [4.69, 9.17) is 0 Å². The lowest BCUT2D eigenvalue weighted by atomic mass is 9.82. The van der Waals surface area contributed by atoms with Crippen molar-refractivity contribution >= 4 is 59.3 Å². The summed E-state index contributed by atoms with van der Waals surface area (Å²) in [6, 6.07) is 64.8. The van der Waals surface area contributed by atoms with Crippen LogP contribution in [0.5, 0.6) is 0 Å². The van der Waals surface area contributed by atoms with Crippen LogP contribution in [-0.4, -0.2) is 0 Å². The van der Waals surface area contributed by atoms with Crippen LogP contribution in [0.15, 0.2) is 176 Å². The van der Waals surface area contributed by atoms with Crippen LogP contribution in [-0.2, 0) is 5.41 Å². The first kappa shape index (κ1) is 29.9. The number of anilines is 3. The fourth-order valence-corrected chi connectivity index (χ4v) is 9.48. The average molecular weight is 670 g/mol. The van der Waals surface area contributed by atoms with Gasteiger partial charge in [-0.1, -0.05) is 147 Å². The summed E-state index contributed by atoms with van der Waals surface area (Å²) in [6.45, 7) is 4.73. The minimum atomic E-state index is -0.106. The van der Waals surface area contributed by atoms with Crippen LogP contribution in [0, 0.1) is 0 Å². The Kier molecular flexibility index (Phi) is 6.78. The predicted molar refractivity (Wildman–Crippen MR) is 220 cm³/mol. The Morgan fingerprint density at radius 3 is 1.78 bits per heavy atom. The van der Waals surface area contributed by atoms with Crippen molar-refractivity contribution in [3.8, 4) is 33.4 Å². The van der Waals surface area contributed by atoms with Gasteiger partial charge in [-0.05, 0) is 87.0 Å². The van der Waals surface area contributed by atoms with Crippen molar-refractivity contribution in [1.82, 2.24) is 0 Å². The van der Waals surface area contributed by atoms with Crippen molar-refractivity contribution in [1.29, 1.82) is 0 Å². The van der Waals surface area contributed by atoms with Gasteiger partial charge in [0.1, 0.15) is 0 Å². The topological polar surface area (TPSA) is 3.24 Å². The molecule has 51 heavy (non-hydrogen) atoms. The van der Waals surface area contributed by atoms with Gasteiger partial charge in [0.25, 0.3) is 0 Å². The molecule has 0 radical (unpaired) electrons. The number of hydrogen-bond acceptors (Lipinski definition) is 2. The molecule has 0 atom stereocenters. The summed E-state index contributed by atoms with van der Waals surface area (Å²) >= 11 is 1.90. The van der Waals surface area contributed by atoms with E-state index in [1.54, 1.807) is 0 Å². The smallest absolute Gasteiger partial charge is 0.0547 e. The summed E-state index contributed by atoms with van der Waals surface area (Å²) in [5.74, 6) is 0. The molecule has 0 saturated heterocycles. The summed E-state index contributed by atoms with van der Waals surface area (Å²) < 4.78 is 2.64. The number of benzene rings is 8. The third-order valence-corrected chi connectivity index (χ3v) is 12.1. The second-order valence-corrected chi connectivity index (χ2v) is 15.2. The molecule has 0 spiro atoms. The molecule has 1 heterocycles. The van der Waals surface area contributed by atoms with Gasteiger partial charge in [-0.3, -0.25) is 0 Å². The van der Waals surface area contributed by atoms with E-state index in [2.05, 4.69) is 195 Å². The third kappa shape index (κ3) is 4.75. The number of nitrogens with zero attached hydrogens (tertiary/aromatic N) is 1. The summed E-state index contributed by atoms with van der Waals surface area (Å²) in [5, 5.41) is 5.12. The van der Waals surface area contributed by atoms with Gasteiger partial charge in [0.2, 0.25) is 0 Å². The lowest BCUT2D eigenvalue weighted by Gasteiger charge is -2.29. The van der Waals surface area contributed by atoms with Gasteiger partial charge in [-0.2, -0.15) is 0 Å². The van der Waals surface area contributed by atoms with E-state index >= 15 is 0 Å². The fourth-order valence-electron chi connectivity index (χ4n) is 8.27. The highest BCUT2D eigenvalue weighted by molar-refractivity contribution is 7.26. The van der Waals surface area contributed by atoms with E-state index in [0.717, 1.165) is 11.4 Å². The van der Waals surface area contributed by atoms with Crippen LogP contribution in [0.2, 0.25) is 0 Å². The van der Waals surface area contributed by atoms with E-state index in [-0.39, 0.29) is 5.41 Å². The lowest BCUT2D eigenvalue weighted by molar-refractivity contribution is 0.660. The van der Waals surface area contributed by atoms with E-state index in [0.29, 0.717) is 0 Å². The largest absolute Gasteiger partial charge is 0.310 e. The van der Waals surface area contributed by atoms with Crippen molar-refractivity contribution < 1.29 is 0 Å². The monoisotopic (exact) mass is 669 g/mol. The average Bonchev–Trinajstić information content (AvgIpc) is 3.68. The van der Waals surface area contributed by atoms with Gasteiger partial charge in [0.05, 0.1) is 5.69 Å². The zero-order valence-electron chi connectivity index (χ0n) is 28.6. The Morgan fingerprint density at radius 2 is 1.00 bits per heavy atom. The van der Waals surface area contributed by atoms with Crippen molar-refractivity contribution in [2.75, 3.05) is 4.90 Å². The number of hydrogen-bond donors (Lipinski definition) is 0. The Morgan fingerprint density at radius 1 is 0.412 bits per heavy atom. The molecule has 0 unspecified atom stereocenters. The quantitative estimate of drug-likeness (QED) is 0.176. The maximum Gasteiger partial charge on any atom is 0.0547 e. The molecule has 242 valence electrons. The third-order valence-electron chi connectivity index (χ3n) is 10.9. The van der Waals surface area contributed by atoms with Crippen LogP contribution >= 0.6 is 11.3 Å². The van der Waals surface area contributed by atoms with Gasteiger partial charge >= 0.3 is 0 Å². The van der Waals surface area contributed by atoms with E-state index < -0.39 is 0 Å². The van der Waals surface area contributed by atoms with Gasteiger partial charge in [0, 0.05) is 47.7 Å². The molecule has 1 nitrogen and oxygen atoms in total. The molecule has 0 N–H and O–H groups in total. The molecule has 0 fully saturated rings. The first-order valence-corrected chi connectivity index (χ1v) is 18.5.